The first-order valence-electron chi connectivity index (χ1n) is 5.12. The van der Waals surface area contributed by atoms with Crippen molar-refractivity contribution in [2.24, 2.45) is 0 Å². The molecule has 0 radical (unpaired) electrons. The third kappa shape index (κ3) is 2.14. The molecule has 0 aromatic heterocycles. The summed E-state index contributed by atoms with van der Waals surface area (Å²) >= 11 is 0. The number of hydrogen-bond donors (Lipinski definition) is 1. The summed E-state index contributed by atoms with van der Waals surface area (Å²) in [6, 6.07) is 13.7. The summed E-state index contributed by atoms with van der Waals surface area (Å²) in [6.07, 6.45) is 0. The Morgan fingerprint density at radius 3 is 2.75 bits per heavy atom. The second-order valence-electron chi connectivity index (χ2n) is 3.44. The zero-order chi connectivity index (χ0) is 11.4. The molecule has 1 N–H and O–H groups in total. The van der Waals surface area contributed by atoms with Gasteiger partial charge in [-0.25, -0.2) is 0 Å². The van der Waals surface area contributed by atoms with E-state index in [1.807, 2.05) is 42.5 Å². The van der Waals surface area contributed by atoms with Gasteiger partial charge in [-0.2, -0.15) is 0 Å². The van der Waals surface area contributed by atoms with Gasteiger partial charge < -0.3 is 10.1 Å². The van der Waals surface area contributed by atoms with E-state index in [9.17, 15) is 4.79 Å². The van der Waals surface area contributed by atoms with Crippen molar-refractivity contribution in [1.82, 2.24) is 5.32 Å². The first kappa shape index (κ1) is 10.5. The Hall–Kier alpha value is -2.03. The number of fused-ring (bicyclic) bond motifs is 1. The maximum absolute atomic E-state index is 11.1. The molecule has 2 aromatic rings. The normalized spacial score (nSPS) is 10.1. The summed E-state index contributed by atoms with van der Waals surface area (Å²) in [7, 11) is 1.59. The van der Waals surface area contributed by atoms with Crippen LogP contribution in [0.2, 0.25) is 0 Å². The predicted molar refractivity (Wildman–Crippen MR) is 63.5 cm³/mol. The average Bonchev–Trinajstić information content (AvgIpc) is 2.35. The number of benzene rings is 2. The standard InChI is InChI=1S/C13H13NO2/c1-14-13(15)9-16-12-8-4-6-10-5-2-3-7-11(10)12/h2-8H,9H2,1H3,(H,14,15). The number of amides is 1. The van der Waals surface area contributed by atoms with Crippen molar-refractivity contribution in [2.75, 3.05) is 13.7 Å². The van der Waals surface area contributed by atoms with Gasteiger partial charge in [0, 0.05) is 12.4 Å². The minimum absolute atomic E-state index is 0.0461. The highest BCUT2D eigenvalue weighted by Gasteiger charge is 2.03. The summed E-state index contributed by atoms with van der Waals surface area (Å²) < 4.78 is 5.46. The highest BCUT2D eigenvalue weighted by Crippen LogP contribution is 2.24. The van der Waals surface area contributed by atoms with Crippen molar-refractivity contribution in [2.45, 2.75) is 0 Å². The molecule has 0 heterocycles. The van der Waals surface area contributed by atoms with Crippen LogP contribution >= 0.6 is 0 Å². The Labute approximate surface area is 94.0 Å². The van der Waals surface area contributed by atoms with Crippen LogP contribution in [0, 0.1) is 0 Å². The maximum Gasteiger partial charge on any atom is 0.257 e. The molecule has 0 aliphatic rings. The van der Waals surface area contributed by atoms with E-state index < -0.39 is 0 Å². The van der Waals surface area contributed by atoms with E-state index in [0.29, 0.717) is 0 Å². The average molecular weight is 215 g/mol. The van der Waals surface area contributed by atoms with Crippen LogP contribution < -0.4 is 10.1 Å². The third-order valence-electron chi connectivity index (χ3n) is 2.39. The molecule has 2 aromatic carbocycles. The Bertz CT molecular complexity index is 503. The lowest BCUT2D eigenvalue weighted by atomic mass is 10.1. The van der Waals surface area contributed by atoms with Crippen molar-refractivity contribution in [3.63, 3.8) is 0 Å². The van der Waals surface area contributed by atoms with E-state index in [2.05, 4.69) is 5.32 Å². The molecule has 0 saturated carbocycles. The zero-order valence-electron chi connectivity index (χ0n) is 9.07. The molecule has 0 saturated heterocycles. The monoisotopic (exact) mass is 215 g/mol. The number of hydrogen-bond acceptors (Lipinski definition) is 2. The van der Waals surface area contributed by atoms with Crippen LogP contribution in [0.15, 0.2) is 42.5 Å². The van der Waals surface area contributed by atoms with Gasteiger partial charge in [-0.1, -0.05) is 36.4 Å². The van der Waals surface area contributed by atoms with Gasteiger partial charge >= 0.3 is 0 Å². The van der Waals surface area contributed by atoms with Gasteiger partial charge in [0.2, 0.25) is 0 Å². The largest absolute Gasteiger partial charge is 0.483 e. The molecule has 1 amide bonds. The molecule has 82 valence electrons. The van der Waals surface area contributed by atoms with Crippen molar-refractivity contribution >= 4 is 16.7 Å². The lowest BCUT2D eigenvalue weighted by Crippen LogP contribution is -2.24. The Morgan fingerprint density at radius 1 is 1.19 bits per heavy atom. The molecule has 0 aliphatic heterocycles. The fraction of sp³-hybridized carbons (Fsp3) is 0.154. The molecule has 3 heteroatoms. The number of carbonyl (C=O) groups excluding carboxylic acids is 1. The minimum Gasteiger partial charge on any atom is -0.483 e. The van der Waals surface area contributed by atoms with Crippen LogP contribution in [0.4, 0.5) is 0 Å². The number of likely N-dealkylation sites (N-methyl/N-ethyl adjacent to an activating group) is 1. The van der Waals surface area contributed by atoms with Crippen LogP contribution in [0.3, 0.4) is 0 Å². The van der Waals surface area contributed by atoms with Crippen LogP contribution in [0.25, 0.3) is 10.8 Å². The summed E-state index contributed by atoms with van der Waals surface area (Å²) in [6.45, 7) is 0.0461. The summed E-state index contributed by atoms with van der Waals surface area (Å²) in [5.41, 5.74) is 0. The number of ether oxygens (including phenoxy) is 1. The molecule has 3 nitrogen and oxygen atoms in total. The van der Waals surface area contributed by atoms with E-state index >= 15 is 0 Å². The van der Waals surface area contributed by atoms with Crippen molar-refractivity contribution in [3.8, 4) is 5.75 Å². The lowest BCUT2D eigenvalue weighted by molar-refractivity contribution is -0.122. The third-order valence-corrected chi connectivity index (χ3v) is 2.39. The number of rotatable bonds is 3. The first-order chi connectivity index (χ1) is 7.81. The molecule has 0 spiro atoms. The number of nitrogens with one attached hydrogen (secondary N) is 1. The van der Waals surface area contributed by atoms with E-state index in [1.54, 1.807) is 7.05 Å². The van der Waals surface area contributed by atoms with Gasteiger partial charge in [0.1, 0.15) is 5.75 Å². The molecule has 0 aliphatic carbocycles. The topological polar surface area (TPSA) is 38.3 Å². The molecule has 2 rings (SSSR count). The molecule has 0 bridgehead atoms. The fourth-order valence-electron chi connectivity index (χ4n) is 1.54. The summed E-state index contributed by atoms with van der Waals surface area (Å²) in [5, 5.41) is 4.65. The molecule has 16 heavy (non-hydrogen) atoms. The quantitative estimate of drug-likeness (QED) is 0.850. The first-order valence-corrected chi connectivity index (χ1v) is 5.12. The van der Waals surface area contributed by atoms with Crippen LogP contribution in [-0.4, -0.2) is 19.6 Å². The van der Waals surface area contributed by atoms with Crippen LogP contribution in [-0.2, 0) is 4.79 Å². The highest BCUT2D eigenvalue weighted by atomic mass is 16.5. The van der Waals surface area contributed by atoms with Gasteiger partial charge in [0.15, 0.2) is 6.61 Å². The second kappa shape index (κ2) is 4.66. The second-order valence-corrected chi connectivity index (χ2v) is 3.44. The molecule has 0 fully saturated rings. The van der Waals surface area contributed by atoms with Crippen molar-refractivity contribution < 1.29 is 9.53 Å². The van der Waals surface area contributed by atoms with Gasteiger partial charge in [-0.05, 0) is 11.5 Å². The maximum atomic E-state index is 11.1. The highest BCUT2D eigenvalue weighted by molar-refractivity contribution is 5.88. The Kier molecular flexibility index (Phi) is 3.05. The minimum atomic E-state index is -0.132. The molecule has 0 atom stereocenters. The van der Waals surface area contributed by atoms with E-state index in [0.717, 1.165) is 16.5 Å². The van der Waals surface area contributed by atoms with Gasteiger partial charge in [0.05, 0.1) is 0 Å². The molecular formula is C13H13NO2. The van der Waals surface area contributed by atoms with Gasteiger partial charge in [-0.3, -0.25) is 4.79 Å². The van der Waals surface area contributed by atoms with E-state index in [-0.39, 0.29) is 12.5 Å². The van der Waals surface area contributed by atoms with Gasteiger partial charge in [0.25, 0.3) is 5.91 Å². The van der Waals surface area contributed by atoms with Crippen LogP contribution in [0.1, 0.15) is 0 Å². The Morgan fingerprint density at radius 2 is 1.94 bits per heavy atom. The summed E-state index contributed by atoms with van der Waals surface area (Å²) in [4.78, 5) is 11.1. The fourth-order valence-corrected chi connectivity index (χ4v) is 1.54. The van der Waals surface area contributed by atoms with Gasteiger partial charge in [-0.15, -0.1) is 0 Å². The summed E-state index contributed by atoms with van der Waals surface area (Å²) in [5.74, 6) is 0.606. The van der Waals surface area contributed by atoms with Crippen molar-refractivity contribution in [3.05, 3.63) is 42.5 Å². The van der Waals surface area contributed by atoms with E-state index in [4.69, 9.17) is 4.74 Å². The number of carbonyl (C=O) groups is 1. The zero-order valence-corrected chi connectivity index (χ0v) is 9.07. The lowest BCUT2D eigenvalue weighted by Gasteiger charge is -2.08. The molecular weight excluding hydrogens is 202 g/mol. The SMILES string of the molecule is CNC(=O)COc1cccc2ccccc12. The Balaban J connectivity index is 2.27. The molecule has 0 unspecified atom stereocenters. The van der Waals surface area contributed by atoms with Crippen LogP contribution in [0.5, 0.6) is 5.75 Å². The van der Waals surface area contributed by atoms with Crippen molar-refractivity contribution in [1.29, 1.82) is 0 Å². The smallest absolute Gasteiger partial charge is 0.257 e. The van der Waals surface area contributed by atoms with E-state index in [1.165, 1.54) is 0 Å². The predicted octanol–water partition coefficient (Wildman–Crippen LogP) is 1.96.